The fourth-order valence-electron chi connectivity index (χ4n) is 3.25. The normalized spacial score (nSPS) is 29.5. The zero-order chi connectivity index (χ0) is 12.3. The topological polar surface area (TPSA) is 15.3 Å². The van der Waals surface area contributed by atoms with Crippen molar-refractivity contribution in [3.8, 4) is 0 Å². The second-order valence-corrected chi connectivity index (χ2v) is 5.61. The Morgan fingerprint density at radius 2 is 2.00 bits per heavy atom. The van der Waals surface area contributed by atoms with Crippen LogP contribution in [0.15, 0.2) is 24.9 Å². The zero-order valence-corrected chi connectivity index (χ0v) is 11.1. The van der Waals surface area contributed by atoms with Gasteiger partial charge in [-0.3, -0.25) is 0 Å². The van der Waals surface area contributed by atoms with Gasteiger partial charge < -0.3 is 10.2 Å². The van der Waals surface area contributed by atoms with Gasteiger partial charge in [0.05, 0.1) is 0 Å². The number of nitrogens with zero attached hydrogens (tertiary/aromatic N) is 1. The molecule has 0 amide bonds. The molecule has 1 N–H and O–H groups in total. The van der Waals surface area contributed by atoms with Crippen molar-refractivity contribution in [3.63, 3.8) is 0 Å². The number of hydrogen-bond acceptors (Lipinski definition) is 2. The Kier molecular flexibility index (Phi) is 4.27. The average molecular weight is 234 g/mol. The van der Waals surface area contributed by atoms with Gasteiger partial charge in [-0.2, -0.15) is 0 Å². The van der Waals surface area contributed by atoms with E-state index in [9.17, 15) is 0 Å². The molecule has 1 aliphatic carbocycles. The summed E-state index contributed by atoms with van der Waals surface area (Å²) >= 11 is 0. The fourth-order valence-corrected chi connectivity index (χ4v) is 3.25. The minimum atomic E-state index is 0.524. The highest BCUT2D eigenvalue weighted by molar-refractivity contribution is 5.00. The van der Waals surface area contributed by atoms with Crippen LogP contribution >= 0.6 is 0 Å². The first kappa shape index (κ1) is 12.7. The van der Waals surface area contributed by atoms with Crippen molar-refractivity contribution in [1.29, 1.82) is 0 Å². The highest BCUT2D eigenvalue weighted by Gasteiger charge is 2.28. The van der Waals surface area contributed by atoms with E-state index in [1.54, 1.807) is 0 Å². The molecule has 2 nitrogen and oxygen atoms in total. The summed E-state index contributed by atoms with van der Waals surface area (Å²) in [6, 6.07) is 1.89. The SMILES string of the molecule is C=CC1CCC(CN(C(=C)C)C2CCCC2)N1. The third kappa shape index (κ3) is 3.12. The summed E-state index contributed by atoms with van der Waals surface area (Å²) in [5.41, 5.74) is 1.24. The smallest absolute Gasteiger partial charge is 0.0332 e. The lowest BCUT2D eigenvalue weighted by Gasteiger charge is -2.33. The van der Waals surface area contributed by atoms with Crippen LogP contribution in [0.1, 0.15) is 45.4 Å². The predicted molar refractivity (Wildman–Crippen MR) is 73.9 cm³/mol. The molecule has 1 heterocycles. The number of rotatable bonds is 5. The third-order valence-electron chi connectivity index (χ3n) is 4.23. The first-order chi connectivity index (χ1) is 8.20. The number of hydrogen-bond donors (Lipinski definition) is 1. The van der Waals surface area contributed by atoms with Gasteiger partial charge in [-0.25, -0.2) is 0 Å². The minimum absolute atomic E-state index is 0.524. The maximum Gasteiger partial charge on any atom is 0.0332 e. The van der Waals surface area contributed by atoms with Crippen LogP contribution in [-0.4, -0.2) is 29.6 Å². The van der Waals surface area contributed by atoms with E-state index in [0.717, 1.165) is 12.6 Å². The van der Waals surface area contributed by atoms with Gasteiger partial charge in [0.1, 0.15) is 0 Å². The van der Waals surface area contributed by atoms with Gasteiger partial charge in [-0.15, -0.1) is 6.58 Å². The van der Waals surface area contributed by atoms with E-state index in [1.807, 2.05) is 6.08 Å². The second kappa shape index (κ2) is 5.72. The molecular weight excluding hydrogens is 208 g/mol. The Labute approximate surface area is 106 Å². The second-order valence-electron chi connectivity index (χ2n) is 5.61. The van der Waals surface area contributed by atoms with Crippen LogP contribution in [0, 0.1) is 0 Å². The molecule has 0 bridgehead atoms. The number of nitrogens with one attached hydrogen (secondary N) is 1. The van der Waals surface area contributed by atoms with Crippen LogP contribution in [0.25, 0.3) is 0 Å². The van der Waals surface area contributed by atoms with Crippen molar-refractivity contribution in [2.45, 2.75) is 63.6 Å². The summed E-state index contributed by atoms with van der Waals surface area (Å²) in [5.74, 6) is 0. The maximum atomic E-state index is 4.16. The monoisotopic (exact) mass is 234 g/mol. The van der Waals surface area contributed by atoms with Crippen LogP contribution in [-0.2, 0) is 0 Å². The van der Waals surface area contributed by atoms with E-state index >= 15 is 0 Å². The molecule has 2 unspecified atom stereocenters. The molecule has 1 saturated carbocycles. The van der Waals surface area contributed by atoms with Gasteiger partial charge in [0.25, 0.3) is 0 Å². The molecule has 0 aromatic heterocycles. The van der Waals surface area contributed by atoms with E-state index in [2.05, 4.69) is 30.3 Å². The van der Waals surface area contributed by atoms with Crippen molar-refractivity contribution in [1.82, 2.24) is 10.2 Å². The summed E-state index contributed by atoms with van der Waals surface area (Å²) in [7, 11) is 0. The summed E-state index contributed by atoms with van der Waals surface area (Å²) in [6.45, 7) is 11.3. The molecule has 1 aliphatic heterocycles. The summed E-state index contributed by atoms with van der Waals surface area (Å²) < 4.78 is 0. The molecule has 0 aromatic rings. The highest BCUT2D eigenvalue weighted by Crippen LogP contribution is 2.27. The van der Waals surface area contributed by atoms with E-state index in [1.165, 1.54) is 44.2 Å². The van der Waals surface area contributed by atoms with Gasteiger partial charge in [0, 0.05) is 30.4 Å². The van der Waals surface area contributed by atoms with Gasteiger partial charge >= 0.3 is 0 Å². The largest absolute Gasteiger partial charge is 0.371 e. The van der Waals surface area contributed by atoms with Gasteiger partial charge in [-0.05, 0) is 32.6 Å². The van der Waals surface area contributed by atoms with E-state index in [-0.39, 0.29) is 0 Å². The van der Waals surface area contributed by atoms with Crippen molar-refractivity contribution in [2.24, 2.45) is 0 Å². The molecule has 0 spiro atoms. The predicted octanol–water partition coefficient (Wildman–Crippen LogP) is 3.07. The summed E-state index contributed by atoms with van der Waals surface area (Å²) in [4.78, 5) is 2.54. The van der Waals surface area contributed by atoms with Crippen molar-refractivity contribution >= 4 is 0 Å². The molecule has 96 valence electrons. The Morgan fingerprint density at radius 3 is 2.53 bits per heavy atom. The molecule has 2 atom stereocenters. The first-order valence-corrected chi connectivity index (χ1v) is 7.01. The van der Waals surface area contributed by atoms with Gasteiger partial charge in [0.2, 0.25) is 0 Å². The van der Waals surface area contributed by atoms with E-state index in [0.29, 0.717) is 12.1 Å². The molecule has 0 radical (unpaired) electrons. The highest BCUT2D eigenvalue weighted by atomic mass is 15.2. The Hall–Kier alpha value is -0.760. The lowest BCUT2D eigenvalue weighted by atomic mass is 10.1. The maximum absolute atomic E-state index is 4.16. The molecule has 1 saturated heterocycles. The minimum Gasteiger partial charge on any atom is -0.371 e. The summed E-state index contributed by atoms with van der Waals surface area (Å²) in [6.07, 6.45) is 10.0. The van der Waals surface area contributed by atoms with Crippen LogP contribution in [0.2, 0.25) is 0 Å². The lowest BCUT2D eigenvalue weighted by molar-refractivity contribution is 0.234. The van der Waals surface area contributed by atoms with Gasteiger partial charge in [-0.1, -0.05) is 25.5 Å². The molecule has 0 aromatic carbocycles. The van der Waals surface area contributed by atoms with Crippen LogP contribution in [0.4, 0.5) is 0 Å². The van der Waals surface area contributed by atoms with Crippen molar-refractivity contribution < 1.29 is 0 Å². The van der Waals surface area contributed by atoms with Crippen molar-refractivity contribution in [3.05, 3.63) is 24.9 Å². The molecule has 2 rings (SSSR count). The Bertz CT molecular complexity index is 279. The van der Waals surface area contributed by atoms with Crippen LogP contribution in [0.5, 0.6) is 0 Å². The standard InChI is InChI=1S/C15H26N2/c1-4-13-9-10-14(16-13)11-17(12(2)3)15-7-5-6-8-15/h4,13-16H,1-2,5-11H2,3H3. The third-order valence-corrected chi connectivity index (χ3v) is 4.23. The number of allylic oxidation sites excluding steroid dienone is 1. The van der Waals surface area contributed by atoms with Crippen LogP contribution < -0.4 is 5.32 Å². The molecule has 2 aliphatic rings. The summed E-state index contributed by atoms with van der Waals surface area (Å²) in [5, 5.41) is 3.65. The zero-order valence-electron chi connectivity index (χ0n) is 11.1. The Morgan fingerprint density at radius 1 is 1.29 bits per heavy atom. The van der Waals surface area contributed by atoms with E-state index in [4.69, 9.17) is 0 Å². The Balaban J connectivity index is 1.89. The molecule has 2 fully saturated rings. The van der Waals surface area contributed by atoms with Crippen LogP contribution in [0.3, 0.4) is 0 Å². The fraction of sp³-hybridized carbons (Fsp3) is 0.733. The quantitative estimate of drug-likeness (QED) is 0.735. The van der Waals surface area contributed by atoms with Crippen molar-refractivity contribution in [2.75, 3.05) is 6.54 Å². The van der Waals surface area contributed by atoms with Gasteiger partial charge in [0.15, 0.2) is 0 Å². The van der Waals surface area contributed by atoms with E-state index < -0.39 is 0 Å². The molecule has 2 heteroatoms. The lowest BCUT2D eigenvalue weighted by Crippen LogP contribution is -2.42. The average Bonchev–Trinajstić information content (AvgIpc) is 2.96. The first-order valence-electron chi connectivity index (χ1n) is 7.01. The molecular formula is C15H26N2. The molecule has 17 heavy (non-hydrogen) atoms.